The Morgan fingerprint density at radius 3 is 2.15 bits per heavy atom. The maximum Gasteiger partial charge on any atom is 0.340 e. The molecule has 1 unspecified atom stereocenters. The molecule has 1 atom stereocenters. The number of rotatable bonds is 7. The van der Waals surface area contributed by atoms with E-state index < -0.39 is 5.97 Å². The van der Waals surface area contributed by atoms with Crippen LogP contribution < -0.4 is 14.8 Å². The Morgan fingerprint density at radius 2 is 1.62 bits per heavy atom. The van der Waals surface area contributed by atoms with E-state index in [9.17, 15) is 9.59 Å². The van der Waals surface area contributed by atoms with Gasteiger partial charge in [-0.05, 0) is 12.0 Å². The molecule has 0 aromatic heterocycles. The first kappa shape index (κ1) is 19.3. The molecule has 6 heteroatoms. The average molecular weight is 357 g/mol. The molecule has 2 aromatic carbocycles. The van der Waals surface area contributed by atoms with Crippen molar-refractivity contribution in [2.75, 3.05) is 26.6 Å². The number of esters is 1. The molecular formula is C20H23NO5. The lowest BCUT2D eigenvalue weighted by Gasteiger charge is -2.18. The van der Waals surface area contributed by atoms with Gasteiger partial charge in [-0.25, -0.2) is 4.79 Å². The van der Waals surface area contributed by atoms with Crippen LogP contribution in [0, 0.1) is 0 Å². The van der Waals surface area contributed by atoms with E-state index in [-0.39, 0.29) is 17.4 Å². The van der Waals surface area contributed by atoms with Crippen molar-refractivity contribution < 1.29 is 23.8 Å². The lowest BCUT2D eigenvalue weighted by atomic mass is 9.95. The summed E-state index contributed by atoms with van der Waals surface area (Å²) in [4.78, 5) is 24.9. The zero-order valence-electron chi connectivity index (χ0n) is 15.4. The van der Waals surface area contributed by atoms with Crippen molar-refractivity contribution >= 4 is 17.6 Å². The number of benzene rings is 2. The third-order valence-corrected chi connectivity index (χ3v) is 4.11. The Labute approximate surface area is 153 Å². The first-order chi connectivity index (χ1) is 12.5. The summed E-state index contributed by atoms with van der Waals surface area (Å²) in [6.07, 6.45) is 0.622. The first-order valence-electron chi connectivity index (χ1n) is 8.25. The van der Waals surface area contributed by atoms with Crippen LogP contribution in [0.15, 0.2) is 42.5 Å². The van der Waals surface area contributed by atoms with E-state index in [4.69, 9.17) is 14.2 Å². The Hall–Kier alpha value is -3.02. The second-order valence-corrected chi connectivity index (χ2v) is 5.61. The second kappa shape index (κ2) is 8.89. The largest absolute Gasteiger partial charge is 0.493 e. The molecule has 138 valence electrons. The molecule has 0 aliphatic rings. The molecule has 2 aromatic rings. The van der Waals surface area contributed by atoms with Crippen molar-refractivity contribution in [3.63, 3.8) is 0 Å². The minimum atomic E-state index is -0.575. The zero-order valence-corrected chi connectivity index (χ0v) is 15.4. The van der Waals surface area contributed by atoms with Gasteiger partial charge in [-0.3, -0.25) is 4.79 Å². The molecule has 0 spiro atoms. The Kier molecular flexibility index (Phi) is 6.60. The van der Waals surface area contributed by atoms with Gasteiger partial charge in [-0.15, -0.1) is 0 Å². The minimum Gasteiger partial charge on any atom is -0.493 e. The molecule has 1 amide bonds. The highest BCUT2D eigenvalue weighted by Gasteiger charge is 2.23. The summed E-state index contributed by atoms with van der Waals surface area (Å²) in [6, 6.07) is 12.5. The van der Waals surface area contributed by atoms with Crippen LogP contribution in [0.5, 0.6) is 11.5 Å². The quantitative estimate of drug-likeness (QED) is 0.766. The van der Waals surface area contributed by atoms with Gasteiger partial charge in [-0.2, -0.15) is 0 Å². The Morgan fingerprint density at radius 1 is 1.00 bits per heavy atom. The second-order valence-electron chi connectivity index (χ2n) is 5.61. The summed E-state index contributed by atoms with van der Waals surface area (Å²) < 4.78 is 15.3. The van der Waals surface area contributed by atoms with Gasteiger partial charge in [-0.1, -0.05) is 37.3 Å². The van der Waals surface area contributed by atoms with Gasteiger partial charge < -0.3 is 19.5 Å². The van der Waals surface area contributed by atoms with Crippen LogP contribution in [0.1, 0.15) is 35.2 Å². The summed E-state index contributed by atoms with van der Waals surface area (Å²) in [6.45, 7) is 1.94. The van der Waals surface area contributed by atoms with Crippen molar-refractivity contribution in [3.8, 4) is 11.5 Å². The van der Waals surface area contributed by atoms with E-state index in [0.29, 0.717) is 23.6 Å². The van der Waals surface area contributed by atoms with E-state index >= 15 is 0 Å². The third kappa shape index (κ3) is 4.14. The zero-order chi connectivity index (χ0) is 19.1. The molecule has 1 N–H and O–H groups in total. The number of anilines is 1. The fraction of sp³-hybridized carbons (Fsp3) is 0.300. The standard InChI is InChI=1S/C20H23NO5/c1-5-14(13-9-7-6-8-10-13)19(22)21-16-12-18(25-3)17(24-2)11-15(16)20(23)26-4/h6-12,14H,5H2,1-4H3,(H,21,22). The van der Waals surface area contributed by atoms with E-state index in [1.165, 1.54) is 27.4 Å². The molecule has 0 fully saturated rings. The van der Waals surface area contributed by atoms with Crippen LogP contribution >= 0.6 is 0 Å². The predicted molar refractivity (Wildman–Crippen MR) is 99.0 cm³/mol. The SMILES string of the molecule is CCC(C(=O)Nc1cc(OC)c(OC)cc1C(=O)OC)c1ccccc1. The highest BCUT2D eigenvalue weighted by Crippen LogP contribution is 2.34. The molecule has 6 nitrogen and oxygen atoms in total. The van der Waals surface area contributed by atoms with Gasteiger partial charge in [0.15, 0.2) is 11.5 Å². The number of ether oxygens (including phenoxy) is 3. The number of hydrogen-bond acceptors (Lipinski definition) is 5. The Balaban J connectivity index is 2.40. The highest BCUT2D eigenvalue weighted by atomic mass is 16.5. The van der Waals surface area contributed by atoms with Crippen LogP contribution in [0.25, 0.3) is 0 Å². The van der Waals surface area contributed by atoms with Crippen LogP contribution in [0.3, 0.4) is 0 Å². The number of carbonyl (C=O) groups excluding carboxylic acids is 2. The number of amides is 1. The van der Waals surface area contributed by atoms with Gasteiger partial charge in [0.1, 0.15) is 0 Å². The van der Waals surface area contributed by atoms with Gasteiger partial charge in [0, 0.05) is 12.1 Å². The minimum absolute atomic E-state index is 0.196. The van der Waals surface area contributed by atoms with Crippen molar-refractivity contribution in [3.05, 3.63) is 53.6 Å². The van der Waals surface area contributed by atoms with Crippen molar-refractivity contribution in [1.82, 2.24) is 0 Å². The molecule has 0 radical (unpaired) electrons. The van der Waals surface area contributed by atoms with E-state index in [1.54, 1.807) is 6.07 Å². The van der Waals surface area contributed by atoms with Crippen molar-refractivity contribution in [1.29, 1.82) is 0 Å². The normalized spacial score (nSPS) is 11.4. The molecule has 2 rings (SSSR count). The highest BCUT2D eigenvalue weighted by molar-refractivity contribution is 6.04. The smallest absolute Gasteiger partial charge is 0.340 e. The number of hydrogen-bond donors (Lipinski definition) is 1. The monoisotopic (exact) mass is 357 g/mol. The fourth-order valence-electron chi connectivity index (χ4n) is 2.74. The predicted octanol–water partition coefficient (Wildman–Crippen LogP) is 3.62. The maximum atomic E-state index is 12.8. The van der Waals surface area contributed by atoms with Crippen LogP contribution in [-0.4, -0.2) is 33.2 Å². The third-order valence-electron chi connectivity index (χ3n) is 4.11. The van der Waals surface area contributed by atoms with E-state index in [1.807, 2.05) is 37.3 Å². The summed E-state index contributed by atoms with van der Waals surface area (Å²) >= 11 is 0. The summed E-state index contributed by atoms with van der Waals surface area (Å²) in [5, 5.41) is 2.83. The lowest BCUT2D eigenvalue weighted by Crippen LogP contribution is -2.22. The van der Waals surface area contributed by atoms with Crippen LogP contribution in [0.4, 0.5) is 5.69 Å². The molecule has 0 saturated heterocycles. The molecular weight excluding hydrogens is 334 g/mol. The summed E-state index contributed by atoms with van der Waals surface area (Å²) in [5.41, 5.74) is 1.42. The van der Waals surface area contributed by atoms with Gasteiger partial charge in [0.2, 0.25) is 5.91 Å². The van der Waals surface area contributed by atoms with Crippen LogP contribution in [-0.2, 0) is 9.53 Å². The Bertz CT molecular complexity index is 773. The average Bonchev–Trinajstić information content (AvgIpc) is 2.68. The molecule has 0 aliphatic heterocycles. The molecule has 0 aliphatic carbocycles. The van der Waals surface area contributed by atoms with Gasteiger partial charge in [0.25, 0.3) is 0 Å². The van der Waals surface area contributed by atoms with Gasteiger partial charge in [0.05, 0.1) is 38.5 Å². The molecule has 0 heterocycles. The first-order valence-corrected chi connectivity index (χ1v) is 8.25. The van der Waals surface area contributed by atoms with Crippen LogP contribution in [0.2, 0.25) is 0 Å². The van der Waals surface area contributed by atoms with E-state index in [2.05, 4.69) is 5.32 Å². The van der Waals surface area contributed by atoms with Crippen molar-refractivity contribution in [2.24, 2.45) is 0 Å². The summed E-state index contributed by atoms with van der Waals surface area (Å²) in [5.74, 6) is -0.343. The number of methoxy groups -OCH3 is 3. The number of nitrogens with one attached hydrogen (secondary N) is 1. The maximum absolute atomic E-state index is 12.8. The lowest BCUT2D eigenvalue weighted by molar-refractivity contribution is -0.117. The van der Waals surface area contributed by atoms with Gasteiger partial charge >= 0.3 is 5.97 Å². The molecule has 0 saturated carbocycles. The van der Waals surface area contributed by atoms with Crippen molar-refractivity contribution in [2.45, 2.75) is 19.3 Å². The number of carbonyl (C=O) groups is 2. The summed E-state index contributed by atoms with van der Waals surface area (Å²) in [7, 11) is 4.24. The fourth-order valence-corrected chi connectivity index (χ4v) is 2.74. The topological polar surface area (TPSA) is 73.9 Å². The van der Waals surface area contributed by atoms with E-state index in [0.717, 1.165) is 5.56 Å². The molecule has 26 heavy (non-hydrogen) atoms. The molecule has 0 bridgehead atoms.